The largest absolute Gasteiger partial charge is 0.370 e. The predicted octanol–water partition coefficient (Wildman–Crippen LogP) is 15.2. The summed E-state index contributed by atoms with van der Waals surface area (Å²) in [7, 11) is 0. The van der Waals surface area contributed by atoms with Crippen molar-refractivity contribution < 1.29 is 0 Å². The molecule has 115 heavy (non-hydrogen) atoms. The molecule has 7 saturated heterocycles. The third-order valence-electron chi connectivity index (χ3n) is 23.7. The number of likely N-dealkylation sites (N-methyl/N-ethyl adjacent to an activating group) is 3. The van der Waals surface area contributed by atoms with Crippen LogP contribution in [0.1, 0.15) is 145 Å². The monoisotopic (exact) mass is 1590 g/mol. The van der Waals surface area contributed by atoms with E-state index < -0.39 is 0 Å². The van der Waals surface area contributed by atoms with Gasteiger partial charge in [-0.15, -0.1) is 17.9 Å². The fraction of sp³-hybridized carbons (Fsp3) is 0.617. The first kappa shape index (κ1) is 91.6. The first-order valence-electron chi connectivity index (χ1n) is 44.4. The van der Waals surface area contributed by atoms with E-state index in [0.717, 1.165) is 139 Å². The van der Waals surface area contributed by atoms with Crippen molar-refractivity contribution in [1.29, 1.82) is 0 Å². The molecule has 0 unspecified atom stereocenters. The summed E-state index contributed by atoms with van der Waals surface area (Å²) in [4.78, 5) is 62.5. The van der Waals surface area contributed by atoms with Crippen molar-refractivity contribution in [3.05, 3.63) is 173 Å². The Labute approximate surface area is 701 Å². The highest BCUT2D eigenvalue weighted by molar-refractivity contribution is 7.16. The topological polar surface area (TPSA) is 123 Å². The summed E-state index contributed by atoms with van der Waals surface area (Å²) in [5, 5.41) is 1.45. The van der Waals surface area contributed by atoms with Gasteiger partial charge in [-0.3, -0.25) is 29.6 Å². The van der Waals surface area contributed by atoms with E-state index in [1.165, 1.54) is 213 Å². The Bertz CT molecular complexity index is 3520. The van der Waals surface area contributed by atoms with Gasteiger partial charge in [0.15, 0.2) is 0 Å². The Hall–Kier alpha value is -7.34. The molecule has 11 heterocycles. The van der Waals surface area contributed by atoms with Gasteiger partial charge in [0, 0.05) is 223 Å². The second-order valence-electron chi connectivity index (χ2n) is 33.3. The lowest BCUT2D eigenvalue weighted by Crippen LogP contribution is -2.35. The van der Waals surface area contributed by atoms with Crippen molar-refractivity contribution in [2.45, 2.75) is 173 Å². The van der Waals surface area contributed by atoms with E-state index in [9.17, 15) is 0 Å². The van der Waals surface area contributed by atoms with Gasteiger partial charge in [0.05, 0.1) is 41.2 Å². The number of rotatable bonds is 15. The summed E-state index contributed by atoms with van der Waals surface area (Å²) in [6.07, 6.45) is 24.8. The number of hydrogen-bond donors (Lipinski definition) is 0. The van der Waals surface area contributed by atoms with Crippen molar-refractivity contribution in [2.24, 2.45) is 0 Å². The van der Waals surface area contributed by atoms with E-state index in [-0.39, 0.29) is 0 Å². The van der Waals surface area contributed by atoms with Crippen LogP contribution in [0.2, 0.25) is 0 Å². The lowest BCUT2D eigenvalue weighted by Gasteiger charge is -2.25. The van der Waals surface area contributed by atoms with Crippen LogP contribution in [0.5, 0.6) is 0 Å². The van der Waals surface area contributed by atoms with E-state index in [4.69, 9.17) is 0 Å². The van der Waals surface area contributed by atoms with Crippen molar-refractivity contribution in [1.82, 2.24) is 64.2 Å². The van der Waals surface area contributed by atoms with Crippen LogP contribution in [0.25, 0.3) is 0 Å². The van der Waals surface area contributed by atoms with Crippen LogP contribution in [0.3, 0.4) is 0 Å². The van der Waals surface area contributed by atoms with Crippen LogP contribution in [-0.4, -0.2) is 292 Å². The van der Waals surface area contributed by atoms with Gasteiger partial charge in [0.1, 0.15) is 11.6 Å². The van der Waals surface area contributed by atoms with Gasteiger partial charge < -0.3 is 49.0 Å². The number of nitrogens with zero attached hydrogens (tertiary/aromatic N) is 20. The van der Waals surface area contributed by atoms with Gasteiger partial charge in [-0.05, 0) is 227 Å². The zero-order valence-electron chi connectivity index (χ0n) is 73.9. The highest BCUT2D eigenvalue weighted by Gasteiger charge is 2.30. The number of hydrogen-bond acceptors (Lipinski definition) is 21. The fourth-order valence-corrected chi connectivity index (χ4v) is 16.9. The molecule has 0 radical (unpaired) electrons. The molecule has 1 saturated carbocycles. The molecule has 632 valence electrons. The SMILES string of the molecule is C=CCN1CCCN(c2cnc(C)cn2)CC1.CCN1CCCN(c2ccc(C)cc2)CC1.CCN1CCCN(c2cnc(C)cn2)CC1.CCN1CCCN(c2ncc(C)cn2)CC1.Cc1ccc(N2CCCN(C(C)C)CC2)cc1.Cc1ccc(N2CCCN(C(C)C)CC2)s1.Cc1ccc(N2CCCN(C3CC3)CC2)cc1. The summed E-state index contributed by atoms with van der Waals surface area (Å²) in [5.41, 5.74) is 11.3. The number of thiophene rings is 1. The first-order chi connectivity index (χ1) is 55.8. The van der Waals surface area contributed by atoms with Crippen LogP contribution in [0, 0.1) is 48.5 Å². The van der Waals surface area contributed by atoms with Gasteiger partial charge in [-0.25, -0.2) is 19.9 Å². The lowest BCUT2D eigenvalue weighted by molar-refractivity contribution is 0.238. The second-order valence-corrected chi connectivity index (χ2v) is 34.6. The third kappa shape index (κ3) is 32.1. The molecule has 0 atom stereocenters. The van der Waals surface area contributed by atoms with E-state index >= 15 is 0 Å². The van der Waals surface area contributed by atoms with E-state index in [0.29, 0.717) is 12.1 Å². The molecule has 0 amide bonds. The maximum absolute atomic E-state index is 4.44. The van der Waals surface area contributed by atoms with Gasteiger partial charge in [0.2, 0.25) is 5.95 Å². The van der Waals surface area contributed by atoms with Gasteiger partial charge in [-0.1, -0.05) is 79.9 Å². The minimum atomic E-state index is 0.674. The van der Waals surface area contributed by atoms with Gasteiger partial charge in [-0.2, -0.15) is 0 Å². The highest BCUT2D eigenvalue weighted by atomic mass is 32.1. The number of anilines is 7. The van der Waals surface area contributed by atoms with Gasteiger partial charge in [0.25, 0.3) is 0 Å². The van der Waals surface area contributed by atoms with Crippen molar-refractivity contribution in [3.63, 3.8) is 0 Å². The Morgan fingerprint density at radius 3 is 1.10 bits per heavy atom. The second kappa shape index (κ2) is 49.8. The Morgan fingerprint density at radius 1 is 0.339 bits per heavy atom. The van der Waals surface area contributed by atoms with E-state index in [2.05, 4.69) is 266 Å². The summed E-state index contributed by atoms with van der Waals surface area (Å²) >= 11 is 1.92. The van der Waals surface area contributed by atoms with E-state index in [1.807, 2.05) is 75.4 Å². The number of aryl methyl sites for hydroxylation is 7. The maximum atomic E-state index is 4.44. The van der Waals surface area contributed by atoms with Crippen LogP contribution in [0.15, 0.2) is 135 Å². The summed E-state index contributed by atoms with van der Waals surface area (Å²) in [5.74, 6) is 2.89. The highest BCUT2D eigenvalue weighted by Crippen LogP contribution is 2.30. The molecule has 20 nitrogen and oxygen atoms in total. The summed E-state index contributed by atoms with van der Waals surface area (Å²) in [6.45, 7) is 71.3. The third-order valence-corrected chi connectivity index (χ3v) is 24.7. The predicted molar refractivity (Wildman–Crippen MR) is 492 cm³/mol. The molecule has 0 bridgehead atoms. The molecular weight excluding hydrogens is 1440 g/mol. The minimum absolute atomic E-state index is 0.674. The van der Waals surface area contributed by atoms with Crippen LogP contribution in [-0.2, 0) is 0 Å². The lowest BCUT2D eigenvalue weighted by atomic mass is 10.2. The molecule has 8 fully saturated rings. The summed E-state index contributed by atoms with van der Waals surface area (Å²) in [6, 6.07) is 33.6. The molecule has 7 aliphatic heterocycles. The maximum Gasteiger partial charge on any atom is 0.225 e. The zero-order valence-corrected chi connectivity index (χ0v) is 74.7. The molecule has 3 aromatic carbocycles. The first-order valence-corrected chi connectivity index (χ1v) is 45.2. The summed E-state index contributed by atoms with van der Waals surface area (Å²) < 4.78 is 0. The van der Waals surface area contributed by atoms with Gasteiger partial charge >= 0.3 is 0 Å². The van der Waals surface area contributed by atoms with Crippen LogP contribution in [0.4, 0.5) is 39.6 Å². The Balaban J connectivity index is 0.000000154. The van der Waals surface area contributed by atoms with Crippen molar-refractivity contribution >= 4 is 51.0 Å². The Kier molecular flexibility index (Phi) is 39.6. The normalized spacial score (nSPS) is 19.1. The van der Waals surface area contributed by atoms with Crippen molar-refractivity contribution in [3.8, 4) is 0 Å². The quantitative estimate of drug-likeness (QED) is 0.0904. The smallest absolute Gasteiger partial charge is 0.225 e. The zero-order chi connectivity index (χ0) is 81.7. The molecule has 15 rings (SSSR count). The minimum Gasteiger partial charge on any atom is -0.370 e. The van der Waals surface area contributed by atoms with Crippen LogP contribution >= 0.6 is 11.3 Å². The molecule has 8 aliphatic rings. The average Bonchev–Trinajstić information content (AvgIpc) is 1.81. The standard InChI is InChI=1S/C15H22N2.C15H24N2.C14H22N2.C13H20N4.C13H22N2S.2C12H20N4/c1-13-3-5-14(6-4-13)16-9-2-10-17(12-11-16)15-7-8-15;1-13(2)16-9-4-10-17(12-11-16)15-7-5-14(3)6-8-15;1-3-15-9-4-10-16(12-11-15)14-7-5-13(2)6-8-14;1-3-5-16-6-4-7-17(9-8-16)13-11-14-12(2)10-15-13;1-11(2)14-7-4-8-15(10-9-14)13-6-5-12(3)16-13;1-3-15-5-4-6-16(8-7-15)12-10-13-11(2)9-14-12;1-3-15-5-4-6-16(8-7-15)12-13-9-11(2)10-14-12/h3-6,15H,2,7-12H2,1H3;5-8,13H,4,9-12H2,1-3H3;5-8H,3-4,9-12H2,1-2H3;3,10-11H,1,4-9H2,2H3;5-6,11H,4,7-10H2,1-3H3;2*9-10H,3-8H2,1-2H3. The molecular formula is C94H150N20S. The fourth-order valence-electron chi connectivity index (χ4n) is 16.0. The molecule has 21 heteroatoms. The molecule has 0 N–H and O–H groups in total. The van der Waals surface area contributed by atoms with E-state index in [1.54, 1.807) is 0 Å². The molecule has 1 aliphatic carbocycles. The average molecular weight is 1590 g/mol. The number of benzene rings is 3. The molecule has 7 aromatic rings. The molecule has 4 aromatic heterocycles. The van der Waals surface area contributed by atoms with Crippen molar-refractivity contribution in [2.75, 3.05) is 244 Å². The Morgan fingerprint density at radius 2 is 0.704 bits per heavy atom. The molecule has 0 spiro atoms. The van der Waals surface area contributed by atoms with Crippen LogP contribution < -0.4 is 34.3 Å². The number of aromatic nitrogens is 6.